The number of hydrogen-bond acceptors (Lipinski definition) is 4. The minimum absolute atomic E-state index is 0.181. The molecule has 2 saturated heterocycles. The number of aliphatic hydroxyl groups is 1. The molecule has 0 unspecified atom stereocenters. The van der Waals surface area contributed by atoms with E-state index in [2.05, 4.69) is 14.5 Å². The Morgan fingerprint density at radius 2 is 2.12 bits per heavy atom. The molecule has 2 atom stereocenters. The minimum Gasteiger partial charge on any atom is -0.389 e. The number of carbonyl (C=O) groups excluding carboxylic acids is 1. The van der Waals surface area contributed by atoms with Gasteiger partial charge in [0.15, 0.2) is 0 Å². The number of fused-ring (bicyclic) bond motifs is 1. The molecule has 1 N–H and O–H groups in total. The molecule has 1 aromatic rings. The van der Waals surface area contributed by atoms with Crippen molar-refractivity contribution in [2.24, 2.45) is 18.9 Å². The maximum atomic E-state index is 12.6. The standard InChI is InChI=1S/C19H30N4O2/c1-21-12-8-20-17(21)5-9-22-10-6-19(25)7-11-23(14-16(19)13-22)18(24)15-3-2-4-15/h8,12,15-16,25H,2-7,9-11,13-14H2,1H3/t16-,19-/m1/s1. The number of rotatable bonds is 4. The van der Waals surface area contributed by atoms with Crippen LogP contribution in [0.25, 0.3) is 0 Å². The molecule has 1 aromatic heterocycles. The minimum atomic E-state index is -0.573. The monoisotopic (exact) mass is 346 g/mol. The first kappa shape index (κ1) is 17.0. The van der Waals surface area contributed by atoms with Gasteiger partial charge in [0.25, 0.3) is 0 Å². The van der Waals surface area contributed by atoms with Gasteiger partial charge in [-0.25, -0.2) is 4.98 Å². The Morgan fingerprint density at radius 3 is 2.80 bits per heavy atom. The number of piperidine rings is 2. The van der Waals surface area contributed by atoms with Gasteiger partial charge in [-0.2, -0.15) is 0 Å². The lowest BCUT2D eigenvalue weighted by molar-refractivity contribution is -0.152. The first-order chi connectivity index (χ1) is 12.0. The number of imidazole rings is 1. The summed E-state index contributed by atoms with van der Waals surface area (Å²) < 4.78 is 2.07. The van der Waals surface area contributed by atoms with E-state index < -0.39 is 5.60 Å². The molecule has 25 heavy (non-hydrogen) atoms. The van der Waals surface area contributed by atoms with Crippen molar-refractivity contribution in [2.75, 3.05) is 32.7 Å². The zero-order chi connectivity index (χ0) is 17.4. The van der Waals surface area contributed by atoms with E-state index in [4.69, 9.17) is 0 Å². The van der Waals surface area contributed by atoms with Crippen LogP contribution in [0.15, 0.2) is 12.4 Å². The molecule has 0 aromatic carbocycles. The van der Waals surface area contributed by atoms with Gasteiger partial charge < -0.3 is 19.5 Å². The fourth-order valence-corrected chi connectivity index (χ4v) is 4.58. The van der Waals surface area contributed by atoms with Crippen molar-refractivity contribution in [3.8, 4) is 0 Å². The van der Waals surface area contributed by atoms with E-state index in [1.807, 2.05) is 24.3 Å². The van der Waals surface area contributed by atoms with Crippen LogP contribution < -0.4 is 0 Å². The predicted molar refractivity (Wildman–Crippen MR) is 94.9 cm³/mol. The Balaban J connectivity index is 1.35. The number of hydrogen-bond donors (Lipinski definition) is 1. The molecule has 138 valence electrons. The van der Waals surface area contributed by atoms with E-state index in [0.29, 0.717) is 5.91 Å². The van der Waals surface area contributed by atoms with Crippen molar-refractivity contribution in [3.63, 3.8) is 0 Å². The molecule has 1 aliphatic carbocycles. The normalized spacial score (nSPS) is 30.8. The lowest BCUT2D eigenvalue weighted by Gasteiger charge is -2.51. The molecule has 2 aliphatic heterocycles. The van der Waals surface area contributed by atoms with Gasteiger partial charge in [-0.15, -0.1) is 0 Å². The Labute approximate surface area is 149 Å². The third-order valence-corrected chi connectivity index (χ3v) is 6.69. The molecule has 6 heteroatoms. The molecule has 3 fully saturated rings. The Morgan fingerprint density at radius 1 is 1.32 bits per heavy atom. The van der Waals surface area contributed by atoms with Gasteiger partial charge >= 0.3 is 0 Å². The second-order valence-corrected chi connectivity index (χ2v) is 8.22. The Bertz CT molecular complexity index is 627. The fourth-order valence-electron chi connectivity index (χ4n) is 4.58. The highest BCUT2D eigenvalue weighted by Crippen LogP contribution is 2.37. The summed E-state index contributed by atoms with van der Waals surface area (Å²) in [4.78, 5) is 21.4. The molecule has 1 saturated carbocycles. The Kier molecular flexibility index (Phi) is 4.58. The largest absolute Gasteiger partial charge is 0.389 e. The topological polar surface area (TPSA) is 61.6 Å². The molecule has 4 rings (SSSR count). The number of aryl methyl sites for hydroxylation is 1. The molecule has 3 aliphatic rings. The number of nitrogens with zero attached hydrogens (tertiary/aromatic N) is 4. The maximum absolute atomic E-state index is 12.6. The summed E-state index contributed by atoms with van der Waals surface area (Å²) in [6.45, 7) is 4.25. The quantitative estimate of drug-likeness (QED) is 0.885. The predicted octanol–water partition coefficient (Wildman–Crippen LogP) is 1.05. The molecule has 0 bridgehead atoms. The lowest BCUT2D eigenvalue weighted by Crippen LogP contribution is -2.61. The molecular formula is C19H30N4O2. The van der Waals surface area contributed by atoms with Crippen LogP contribution in [0.4, 0.5) is 0 Å². The van der Waals surface area contributed by atoms with E-state index in [1.165, 1.54) is 6.42 Å². The van der Waals surface area contributed by atoms with Crippen LogP contribution in [-0.4, -0.2) is 68.7 Å². The average molecular weight is 346 g/mol. The van der Waals surface area contributed by atoms with Gasteiger partial charge in [-0.1, -0.05) is 6.42 Å². The van der Waals surface area contributed by atoms with E-state index >= 15 is 0 Å². The summed E-state index contributed by atoms with van der Waals surface area (Å²) in [5, 5.41) is 11.0. The third kappa shape index (κ3) is 3.34. The summed E-state index contributed by atoms with van der Waals surface area (Å²) in [6, 6.07) is 0. The summed E-state index contributed by atoms with van der Waals surface area (Å²) in [5.41, 5.74) is -0.573. The van der Waals surface area contributed by atoms with E-state index in [-0.39, 0.29) is 11.8 Å². The molecule has 1 amide bonds. The van der Waals surface area contributed by atoms with Crippen molar-refractivity contribution >= 4 is 5.91 Å². The van der Waals surface area contributed by atoms with Crippen molar-refractivity contribution < 1.29 is 9.90 Å². The van der Waals surface area contributed by atoms with Gasteiger partial charge in [-0.3, -0.25) is 4.79 Å². The molecule has 6 nitrogen and oxygen atoms in total. The highest BCUT2D eigenvalue weighted by molar-refractivity contribution is 5.79. The highest BCUT2D eigenvalue weighted by Gasteiger charge is 2.46. The molecular weight excluding hydrogens is 316 g/mol. The first-order valence-electron chi connectivity index (χ1n) is 9.75. The Hall–Kier alpha value is -1.40. The summed E-state index contributed by atoms with van der Waals surface area (Å²) >= 11 is 0. The van der Waals surface area contributed by atoms with Gasteiger partial charge in [0, 0.05) is 70.4 Å². The van der Waals surface area contributed by atoms with Gasteiger partial charge in [0.05, 0.1) is 5.60 Å². The summed E-state index contributed by atoms with van der Waals surface area (Å²) in [6.07, 6.45) is 9.62. The average Bonchev–Trinajstić information content (AvgIpc) is 2.96. The van der Waals surface area contributed by atoms with Crippen LogP contribution in [-0.2, 0) is 18.3 Å². The number of likely N-dealkylation sites (tertiary alicyclic amines) is 2. The molecule has 3 heterocycles. The summed E-state index contributed by atoms with van der Waals surface area (Å²) in [5.74, 6) is 1.87. The van der Waals surface area contributed by atoms with E-state index in [0.717, 1.165) is 70.7 Å². The third-order valence-electron chi connectivity index (χ3n) is 6.69. The highest BCUT2D eigenvalue weighted by atomic mass is 16.3. The zero-order valence-electron chi connectivity index (χ0n) is 15.2. The van der Waals surface area contributed by atoms with Crippen LogP contribution >= 0.6 is 0 Å². The van der Waals surface area contributed by atoms with Gasteiger partial charge in [0.2, 0.25) is 5.91 Å². The maximum Gasteiger partial charge on any atom is 0.225 e. The lowest BCUT2D eigenvalue weighted by atomic mass is 9.75. The molecule has 0 radical (unpaired) electrons. The van der Waals surface area contributed by atoms with Crippen molar-refractivity contribution in [1.82, 2.24) is 19.4 Å². The van der Waals surface area contributed by atoms with Crippen LogP contribution in [0, 0.1) is 11.8 Å². The van der Waals surface area contributed by atoms with E-state index in [1.54, 1.807) is 0 Å². The second kappa shape index (κ2) is 6.72. The fraction of sp³-hybridized carbons (Fsp3) is 0.789. The van der Waals surface area contributed by atoms with Crippen LogP contribution in [0.1, 0.15) is 37.9 Å². The summed E-state index contributed by atoms with van der Waals surface area (Å²) in [7, 11) is 2.03. The second-order valence-electron chi connectivity index (χ2n) is 8.22. The van der Waals surface area contributed by atoms with Crippen molar-refractivity contribution in [1.29, 1.82) is 0 Å². The molecule has 0 spiro atoms. The number of aromatic nitrogens is 2. The van der Waals surface area contributed by atoms with Gasteiger partial charge in [-0.05, 0) is 25.7 Å². The van der Waals surface area contributed by atoms with Crippen LogP contribution in [0.5, 0.6) is 0 Å². The van der Waals surface area contributed by atoms with Gasteiger partial charge in [0.1, 0.15) is 5.82 Å². The van der Waals surface area contributed by atoms with Crippen LogP contribution in [0.3, 0.4) is 0 Å². The number of amides is 1. The van der Waals surface area contributed by atoms with Crippen molar-refractivity contribution in [2.45, 2.75) is 44.1 Å². The smallest absolute Gasteiger partial charge is 0.225 e. The first-order valence-corrected chi connectivity index (χ1v) is 9.75. The SMILES string of the molecule is Cn1ccnc1CCN1CC[C@@]2(O)CCN(C(=O)C3CCC3)C[C@H]2C1. The van der Waals surface area contributed by atoms with E-state index in [9.17, 15) is 9.90 Å². The van der Waals surface area contributed by atoms with Crippen molar-refractivity contribution in [3.05, 3.63) is 18.2 Å². The number of carbonyl (C=O) groups is 1. The van der Waals surface area contributed by atoms with Crippen LogP contribution in [0.2, 0.25) is 0 Å². The zero-order valence-corrected chi connectivity index (χ0v) is 15.2.